The molecule has 0 bridgehead atoms. The van der Waals surface area contributed by atoms with Gasteiger partial charge in [-0.2, -0.15) is 0 Å². The maximum Gasteiger partial charge on any atom is 0.327 e. The smallest absolute Gasteiger partial charge is 0.327 e. The van der Waals surface area contributed by atoms with Crippen LogP contribution in [-0.4, -0.2) is 23.0 Å². The van der Waals surface area contributed by atoms with Crippen molar-refractivity contribution < 1.29 is 14.7 Å². The molecule has 2 atom stereocenters. The van der Waals surface area contributed by atoms with Gasteiger partial charge in [-0.15, -0.1) is 12.3 Å². The monoisotopic (exact) mass is 209 g/mol. The van der Waals surface area contributed by atoms with Crippen LogP contribution in [0.15, 0.2) is 0 Å². The number of carbonyl (C=O) groups excluding carboxylic acids is 1. The van der Waals surface area contributed by atoms with Gasteiger partial charge in [-0.1, -0.05) is 6.92 Å². The first-order valence-electron chi connectivity index (χ1n) is 5.03. The first-order chi connectivity index (χ1) is 7.06. The number of amides is 1. The topological polar surface area (TPSA) is 66.4 Å². The summed E-state index contributed by atoms with van der Waals surface area (Å²) >= 11 is 0. The van der Waals surface area contributed by atoms with Crippen LogP contribution in [0.1, 0.15) is 26.2 Å². The minimum absolute atomic E-state index is 0.0263. The van der Waals surface area contributed by atoms with Crippen LogP contribution in [0.5, 0.6) is 0 Å². The van der Waals surface area contributed by atoms with Crippen LogP contribution in [-0.2, 0) is 9.59 Å². The molecule has 4 nitrogen and oxygen atoms in total. The molecular weight excluding hydrogens is 194 g/mol. The number of hydrogen-bond donors (Lipinski definition) is 2. The minimum Gasteiger partial charge on any atom is -0.480 e. The Morgan fingerprint density at radius 1 is 1.60 bits per heavy atom. The molecule has 1 fully saturated rings. The van der Waals surface area contributed by atoms with E-state index in [1.807, 2.05) is 6.92 Å². The summed E-state index contributed by atoms with van der Waals surface area (Å²) in [5.41, 5.74) is 0. The maximum absolute atomic E-state index is 11.6. The number of hydrogen-bond acceptors (Lipinski definition) is 2. The second-order valence-electron chi connectivity index (χ2n) is 3.93. The second kappa shape index (κ2) is 4.83. The van der Waals surface area contributed by atoms with Gasteiger partial charge < -0.3 is 10.4 Å². The summed E-state index contributed by atoms with van der Waals surface area (Å²) in [6, 6.07) is -0.955. The number of carbonyl (C=O) groups is 2. The average Bonchev–Trinajstić information content (AvgIpc) is 2.98. The van der Waals surface area contributed by atoms with Gasteiger partial charge in [-0.25, -0.2) is 4.79 Å². The summed E-state index contributed by atoms with van der Waals surface area (Å²) in [5, 5.41) is 11.2. The third-order valence-corrected chi connectivity index (χ3v) is 2.68. The van der Waals surface area contributed by atoms with E-state index in [1.165, 1.54) is 0 Å². The van der Waals surface area contributed by atoms with E-state index in [2.05, 4.69) is 11.2 Å². The number of carboxylic acids is 1. The number of nitrogens with one attached hydrogen (secondary N) is 1. The summed E-state index contributed by atoms with van der Waals surface area (Å²) in [6.07, 6.45) is 7.17. The Bertz CT molecular complexity index is 301. The Morgan fingerprint density at radius 2 is 2.20 bits per heavy atom. The molecule has 0 aromatic heterocycles. The average molecular weight is 209 g/mol. The van der Waals surface area contributed by atoms with Gasteiger partial charge in [-0.05, 0) is 18.8 Å². The first-order valence-corrected chi connectivity index (χ1v) is 5.03. The molecule has 2 N–H and O–H groups in total. The molecule has 1 rings (SSSR count). The van der Waals surface area contributed by atoms with Gasteiger partial charge in [0.2, 0.25) is 5.91 Å². The zero-order valence-electron chi connectivity index (χ0n) is 8.69. The van der Waals surface area contributed by atoms with Crippen LogP contribution in [0.25, 0.3) is 0 Å². The Kier molecular flexibility index (Phi) is 3.73. The van der Waals surface area contributed by atoms with Crippen molar-refractivity contribution in [2.24, 2.45) is 11.8 Å². The molecule has 2 unspecified atom stereocenters. The van der Waals surface area contributed by atoms with Gasteiger partial charge in [0.15, 0.2) is 0 Å². The number of rotatable bonds is 5. The lowest BCUT2D eigenvalue weighted by Gasteiger charge is -2.15. The molecule has 1 aliphatic rings. The molecule has 82 valence electrons. The van der Waals surface area contributed by atoms with Crippen LogP contribution >= 0.6 is 0 Å². The normalized spacial score (nSPS) is 18.7. The van der Waals surface area contributed by atoms with E-state index in [1.54, 1.807) is 0 Å². The Labute approximate surface area is 89.0 Å². The summed E-state index contributed by atoms with van der Waals surface area (Å²) in [6.45, 7) is 1.82. The SMILES string of the molecule is C#CCC(NC(=O)C(C)C1CC1)C(=O)O. The number of carboxylic acid groups (broad SMARTS) is 1. The molecular formula is C11H15NO3. The highest BCUT2D eigenvalue weighted by atomic mass is 16.4. The zero-order valence-corrected chi connectivity index (χ0v) is 8.69. The molecule has 1 saturated carbocycles. The third-order valence-electron chi connectivity index (χ3n) is 2.68. The van der Waals surface area contributed by atoms with Crippen molar-refractivity contribution >= 4 is 11.9 Å². The van der Waals surface area contributed by atoms with E-state index in [0.717, 1.165) is 12.8 Å². The maximum atomic E-state index is 11.6. The van der Waals surface area contributed by atoms with Gasteiger partial charge in [-0.3, -0.25) is 4.79 Å². The van der Waals surface area contributed by atoms with E-state index in [4.69, 9.17) is 11.5 Å². The third kappa shape index (κ3) is 3.28. The number of aliphatic carboxylic acids is 1. The molecule has 0 aliphatic heterocycles. The van der Waals surface area contributed by atoms with Crippen LogP contribution in [0.3, 0.4) is 0 Å². The Hall–Kier alpha value is -1.50. The Morgan fingerprint density at radius 3 is 2.60 bits per heavy atom. The van der Waals surface area contributed by atoms with E-state index >= 15 is 0 Å². The van der Waals surface area contributed by atoms with Gasteiger partial charge in [0.05, 0.1) is 0 Å². The van der Waals surface area contributed by atoms with Gasteiger partial charge >= 0.3 is 5.97 Å². The van der Waals surface area contributed by atoms with Crippen molar-refractivity contribution in [3.05, 3.63) is 0 Å². The fraction of sp³-hybridized carbons (Fsp3) is 0.636. The molecule has 1 aliphatic carbocycles. The van der Waals surface area contributed by atoms with Crippen LogP contribution in [0.2, 0.25) is 0 Å². The quantitative estimate of drug-likeness (QED) is 0.652. The minimum atomic E-state index is -1.08. The van der Waals surface area contributed by atoms with Crippen molar-refractivity contribution in [2.45, 2.75) is 32.2 Å². The highest BCUT2D eigenvalue weighted by Crippen LogP contribution is 2.36. The fourth-order valence-electron chi connectivity index (χ4n) is 1.43. The standard InChI is InChI=1S/C11H15NO3/c1-3-4-9(11(14)15)12-10(13)7(2)8-5-6-8/h1,7-9H,4-6H2,2H3,(H,12,13)(H,14,15). The van der Waals surface area contributed by atoms with Crippen molar-refractivity contribution in [1.82, 2.24) is 5.32 Å². The predicted molar refractivity (Wildman–Crippen MR) is 54.9 cm³/mol. The molecule has 0 radical (unpaired) electrons. The summed E-state index contributed by atoms with van der Waals surface area (Å²) < 4.78 is 0. The summed E-state index contributed by atoms with van der Waals surface area (Å²) in [5.74, 6) is 1.27. The van der Waals surface area contributed by atoms with Crippen molar-refractivity contribution in [3.63, 3.8) is 0 Å². The summed E-state index contributed by atoms with van der Waals surface area (Å²) in [4.78, 5) is 22.3. The second-order valence-corrected chi connectivity index (χ2v) is 3.93. The summed E-state index contributed by atoms with van der Waals surface area (Å²) in [7, 11) is 0. The molecule has 4 heteroatoms. The predicted octanol–water partition coefficient (Wildman–Crippen LogP) is 0.625. The molecule has 0 aromatic carbocycles. The van der Waals surface area contributed by atoms with Crippen LogP contribution in [0.4, 0.5) is 0 Å². The van der Waals surface area contributed by atoms with E-state index in [0.29, 0.717) is 5.92 Å². The molecule has 0 saturated heterocycles. The fourth-order valence-corrected chi connectivity index (χ4v) is 1.43. The lowest BCUT2D eigenvalue weighted by Crippen LogP contribution is -2.43. The highest BCUT2D eigenvalue weighted by Gasteiger charge is 2.34. The lowest BCUT2D eigenvalue weighted by molar-refractivity contribution is -0.142. The van der Waals surface area contributed by atoms with E-state index in [9.17, 15) is 9.59 Å². The van der Waals surface area contributed by atoms with Crippen molar-refractivity contribution in [1.29, 1.82) is 0 Å². The van der Waals surface area contributed by atoms with Gasteiger partial charge in [0, 0.05) is 12.3 Å². The zero-order chi connectivity index (χ0) is 11.4. The van der Waals surface area contributed by atoms with E-state index < -0.39 is 12.0 Å². The van der Waals surface area contributed by atoms with Crippen LogP contribution < -0.4 is 5.32 Å². The Balaban J connectivity index is 2.46. The largest absolute Gasteiger partial charge is 0.480 e. The van der Waals surface area contributed by atoms with Gasteiger partial charge in [0.1, 0.15) is 6.04 Å². The van der Waals surface area contributed by atoms with E-state index in [-0.39, 0.29) is 18.2 Å². The molecule has 0 spiro atoms. The van der Waals surface area contributed by atoms with Crippen molar-refractivity contribution in [3.8, 4) is 12.3 Å². The molecule has 15 heavy (non-hydrogen) atoms. The van der Waals surface area contributed by atoms with Gasteiger partial charge in [0.25, 0.3) is 0 Å². The first kappa shape index (κ1) is 11.6. The number of terminal acetylenes is 1. The molecule has 0 heterocycles. The van der Waals surface area contributed by atoms with Crippen LogP contribution in [0, 0.1) is 24.2 Å². The molecule has 1 amide bonds. The lowest BCUT2D eigenvalue weighted by atomic mass is 10.0. The van der Waals surface area contributed by atoms with Crippen molar-refractivity contribution in [2.75, 3.05) is 0 Å². The highest BCUT2D eigenvalue weighted by molar-refractivity contribution is 5.85. The molecule has 0 aromatic rings.